The highest BCUT2D eigenvalue weighted by Gasteiger charge is 2.38. The monoisotopic (exact) mass is 537 g/mol. The van der Waals surface area contributed by atoms with Crippen LogP contribution in [0.15, 0.2) is 29.2 Å². The van der Waals surface area contributed by atoms with E-state index in [1.165, 1.54) is 19.2 Å². The van der Waals surface area contributed by atoms with E-state index in [1.54, 1.807) is 0 Å². The van der Waals surface area contributed by atoms with Gasteiger partial charge in [0.1, 0.15) is 24.1 Å². The number of amides is 2. The van der Waals surface area contributed by atoms with E-state index < -0.39 is 66.9 Å². The second-order valence-electron chi connectivity index (χ2n) is 9.64. The number of nitrogens with two attached hydrogens (primary N) is 1. The molecule has 2 amide bonds. The minimum atomic E-state index is -1.55. The molecule has 38 heavy (non-hydrogen) atoms. The van der Waals surface area contributed by atoms with Crippen molar-refractivity contribution in [2.45, 2.75) is 82.1 Å². The molecule has 1 aromatic heterocycles. The molecular formula is C24H35N5O9. The van der Waals surface area contributed by atoms with E-state index in [4.69, 9.17) is 15.2 Å². The number of hydrogen-bond donors (Lipinski definition) is 6. The van der Waals surface area contributed by atoms with Gasteiger partial charge in [0.15, 0.2) is 12.3 Å². The summed E-state index contributed by atoms with van der Waals surface area (Å²) in [5.41, 5.74) is 5.30. The molecule has 1 aliphatic heterocycles. The molecule has 14 heteroatoms. The Morgan fingerprint density at radius 2 is 2.00 bits per heavy atom. The van der Waals surface area contributed by atoms with Crippen molar-refractivity contribution in [3.8, 4) is 0 Å². The lowest BCUT2D eigenvalue weighted by atomic mass is 9.85. The number of aliphatic hydroxyl groups excluding tert-OH is 2. The molecule has 0 radical (unpaired) electrons. The van der Waals surface area contributed by atoms with Crippen molar-refractivity contribution in [2.75, 3.05) is 11.9 Å². The lowest BCUT2D eigenvalue weighted by molar-refractivity contribution is -0.145. The van der Waals surface area contributed by atoms with Gasteiger partial charge in [0.2, 0.25) is 5.91 Å². The first kappa shape index (κ1) is 29.2. The second-order valence-corrected chi connectivity index (χ2v) is 9.64. The predicted octanol–water partition coefficient (Wildman–Crippen LogP) is -0.146. The van der Waals surface area contributed by atoms with Crippen LogP contribution in [0.5, 0.6) is 0 Å². The Labute approximate surface area is 218 Å². The molecular weight excluding hydrogens is 502 g/mol. The molecule has 1 saturated heterocycles. The zero-order valence-electron chi connectivity index (χ0n) is 21.1. The van der Waals surface area contributed by atoms with Crippen molar-refractivity contribution in [1.82, 2.24) is 14.9 Å². The molecule has 0 spiro atoms. The van der Waals surface area contributed by atoms with E-state index in [9.17, 15) is 34.5 Å². The maximum Gasteiger partial charge on any atom is 0.413 e. The van der Waals surface area contributed by atoms with Gasteiger partial charge in [0.25, 0.3) is 0 Å². The van der Waals surface area contributed by atoms with Crippen LogP contribution in [0.1, 0.15) is 51.7 Å². The van der Waals surface area contributed by atoms with E-state index in [0.717, 1.165) is 36.7 Å². The minimum Gasteiger partial charge on any atom is -0.480 e. The van der Waals surface area contributed by atoms with Gasteiger partial charge < -0.3 is 35.8 Å². The topological polar surface area (TPSA) is 215 Å². The summed E-state index contributed by atoms with van der Waals surface area (Å²) in [4.78, 5) is 52.8. The molecule has 210 valence electrons. The number of carbonyl (C=O) groups excluding carboxylic acids is 2. The summed E-state index contributed by atoms with van der Waals surface area (Å²) in [5, 5.41) is 33.4. The molecule has 1 aliphatic carbocycles. The Hall–Kier alpha value is -3.33. The van der Waals surface area contributed by atoms with Crippen LogP contribution in [0.4, 0.5) is 10.6 Å². The molecule has 2 heterocycles. The number of nitrogens with zero attached hydrogens (tertiary/aromatic N) is 2. The largest absolute Gasteiger partial charge is 0.480 e. The van der Waals surface area contributed by atoms with Crippen molar-refractivity contribution in [1.29, 1.82) is 0 Å². The first-order valence-electron chi connectivity index (χ1n) is 12.5. The summed E-state index contributed by atoms with van der Waals surface area (Å²) in [7, 11) is 0. The number of rotatable bonds is 10. The number of hydrogen-bond acceptors (Lipinski definition) is 10. The zero-order valence-corrected chi connectivity index (χ0v) is 21.1. The Morgan fingerprint density at radius 1 is 1.32 bits per heavy atom. The summed E-state index contributed by atoms with van der Waals surface area (Å²) in [6, 6.07) is -1.18. The van der Waals surface area contributed by atoms with Gasteiger partial charge in [0.05, 0.1) is 12.6 Å². The zero-order chi connectivity index (χ0) is 28.0. The molecule has 7 N–H and O–H groups in total. The number of aliphatic hydroxyl groups is 2. The summed E-state index contributed by atoms with van der Waals surface area (Å²) in [6.45, 7) is 4.49. The summed E-state index contributed by atoms with van der Waals surface area (Å²) in [6.07, 6.45) is 1.40. The number of aromatic nitrogens is 2. The molecule has 2 aliphatic rings. The quantitative estimate of drug-likeness (QED) is 0.216. The molecule has 3 rings (SSSR count). The fraction of sp³-hybridized carbons (Fsp3) is 0.625. The van der Waals surface area contributed by atoms with E-state index >= 15 is 0 Å². The maximum absolute atomic E-state index is 12.5. The number of ether oxygens (including phenoxy) is 2. The molecule has 0 bridgehead atoms. The third kappa shape index (κ3) is 7.16. The Morgan fingerprint density at radius 3 is 2.58 bits per heavy atom. The van der Waals surface area contributed by atoms with Crippen molar-refractivity contribution < 1.29 is 39.2 Å². The number of carboxylic acids is 1. The molecule has 0 unspecified atom stereocenters. The van der Waals surface area contributed by atoms with Crippen LogP contribution in [-0.2, 0) is 19.1 Å². The van der Waals surface area contributed by atoms with Crippen molar-refractivity contribution in [3.63, 3.8) is 0 Å². The number of nitrogens with one attached hydrogen (secondary N) is 2. The van der Waals surface area contributed by atoms with E-state index in [0.29, 0.717) is 12.3 Å². The van der Waals surface area contributed by atoms with Gasteiger partial charge in [-0.25, -0.2) is 14.4 Å². The number of carboxylic acid groups (broad SMARTS) is 1. The molecule has 1 saturated carbocycles. The first-order chi connectivity index (χ1) is 18.0. The second kappa shape index (κ2) is 13.0. The smallest absolute Gasteiger partial charge is 0.413 e. The molecule has 0 aromatic carbocycles. The lowest BCUT2D eigenvalue weighted by Crippen LogP contribution is -2.54. The molecule has 2 fully saturated rings. The highest BCUT2D eigenvalue weighted by molar-refractivity contribution is 5.88. The van der Waals surface area contributed by atoms with Crippen LogP contribution in [0, 0.1) is 5.92 Å². The minimum absolute atomic E-state index is 0.155. The van der Waals surface area contributed by atoms with Crippen LogP contribution in [0.3, 0.4) is 0 Å². The fourth-order valence-electron chi connectivity index (χ4n) is 4.66. The van der Waals surface area contributed by atoms with E-state index in [-0.39, 0.29) is 11.4 Å². The molecule has 14 nitrogen and oxygen atoms in total. The first-order valence-corrected chi connectivity index (χ1v) is 12.5. The standard InChI is InChI=1S/C24H35N5O9/c1-12-19(31)16(11-30)38-21(12)29-9-8-17(26-23(29)35)27-24(36)37-13(2)18(22(33)34)28-20(32)15(25)10-14-6-4-3-5-7-14/h8-9,13-16,18-19,21,30-31H,1,3-7,10-11,25H2,2H3,(H,28,32)(H,33,34)(H,26,27,35,36)/t13-,15-,16+,18+,19-,21+/m0/s1. The molecule has 6 atom stereocenters. The Balaban J connectivity index is 1.56. The Bertz CT molecular complexity index is 1090. The third-order valence-electron chi connectivity index (χ3n) is 6.82. The third-order valence-corrected chi connectivity index (χ3v) is 6.82. The van der Waals surface area contributed by atoms with Gasteiger partial charge in [0, 0.05) is 11.8 Å². The summed E-state index contributed by atoms with van der Waals surface area (Å²) < 4.78 is 11.6. The van der Waals surface area contributed by atoms with Gasteiger partial charge >= 0.3 is 17.8 Å². The van der Waals surface area contributed by atoms with Crippen LogP contribution >= 0.6 is 0 Å². The van der Waals surface area contributed by atoms with Crippen LogP contribution in [0.25, 0.3) is 0 Å². The van der Waals surface area contributed by atoms with Gasteiger partial charge in [-0.1, -0.05) is 38.7 Å². The molecule has 1 aromatic rings. The van der Waals surface area contributed by atoms with Gasteiger partial charge in [-0.3, -0.25) is 14.7 Å². The van der Waals surface area contributed by atoms with Crippen molar-refractivity contribution in [2.24, 2.45) is 11.7 Å². The fourth-order valence-corrected chi connectivity index (χ4v) is 4.66. The number of anilines is 1. The summed E-state index contributed by atoms with van der Waals surface area (Å²) >= 11 is 0. The van der Waals surface area contributed by atoms with Crippen LogP contribution in [-0.4, -0.2) is 79.8 Å². The van der Waals surface area contributed by atoms with Crippen molar-refractivity contribution in [3.05, 3.63) is 34.9 Å². The van der Waals surface area contributed by atoms with E-state index in [1.807, 2.05) is 0 Å². The predicted molar refractivity (Wildman–Crippen MR) is 133 cm³/mol. The van der Waals surface area contributed by atoms with Gasteiger partial charge in [-0.05, 0) is 25.3 Å². The Kier molecular flexibility index (Phi) is 9.96. The van der Waals surface area contributed by atoms with Gasteiger partial charge in [-0.2, -0.15) is 4.98 Å². The lowest BCUT2D eigenvalue weighted by Gasteiger charge is -2.26. The average molecular weight is 538 g/mol. The van der Waals surface area contributed by atoms with Crippen molar-refractivity contribution >= 4 is 23.8 Å². The SMILES string of the molecule is C=C1[C@H](n2ccc(NC(=O)O[C@@H](C)[C@@H](NC(=O)[C@@H](N)CC3CCCCC3)C(=O)O)nc2=O)O[C@H](CO)[C@H]1O. The normalized spacial score (nSPS) is 24.3. The highest BCUT2D eigenvalue weighted by atomic mass is 16.6. The van der Waals surface area contributed by atoms with E-state index in [2.05, 4.69) is 22.2 Å². The van der Waals surface area contributed by atoms with Gasteiger partial charge in [-0.15, -0.1) is 0 Å². The average Bonchev–Trinajstić information content (AvgIpc) is 3.15. The highest BCUT2D eigenvalue weighted by Crippen LogP contribution is 2.32. The summed E-state index contributed by atoms with van der Waals surface area (Å²) in [5.74, 6) is -1.94. The number of aliphatic carboxylic acids is 1. The maximum atomic E-state index is 12.5. The van der Waals surface area contributed by atoms with Crippen LogP contribution in [0.2, 0.25) is 0 Å². The van der Waals surface area contributed by atoms with Crippen LogP contribution < -0.4 is 22.1 Å². The number of carbonyl (C=O) groups is 3.